The fraction of sp³-hybridized carbons (Fsp3) is 0.833. The molecule has 17 heavy (non-hydrogen) atoms. The Balaban J connectivity index is 2.69. The quantitative estimate of drug-likeness (QED) is 0.618. The van der Waals surface area contributed by atoms with E-state index in [1.807, 2.05) is 4.72 Å². The molecule has 0 aromatic rings. The van der Waals surface area contributed by atoms with Crippen molar-refractivity contribution in [3.63, 3.8) is 0 Å². The van der Waals surface area contributed by atoms with Crippen LogP contribution in [0.2, 0.25) is 0 Å². The van der Waals surface area contributed by atoms with Crippen molar-refractivity contribution < 1.29 is 26.4 Å². The predicted octanol–water partition coefficient (Wildman–Crippen LogP) is -1.42. The van der Waals surface area contributed by atoms with Crippen molar-refractivity contribution in [3.8, 4) is 0 Å². The van der Waals surface area contributed by atoms with Crippen LogP contribution in [0.5, 0.6) is 0 Å². The van der Waals surface area contributed by atoms with Crippen molar-refractivity contribution >= 4 is 37.7 Å². The van der Waals surface area contributed by atoms with Crippen LogP contribution in [0.4, 0.5) is 4.79 Å². The monoisotopic (exact) mass is 306 g/mol. The molecule has 1 heterocycles. The Bertz CT molecular complexity index is 501. The molecule has 100 valence electrons. The Morgan fingerprint density at radius 1 is 1.41 bits per heavy atom. The van der Waals surface area contributed by atoms with Gasteiger partial charge in [0.05, 0.1) is 30.0 Å². The Hall–Kier alpha value is -0.580. The van der Waals surface area contributed by atoms with Crippen LogP contribution >= 0.6 is 11.6 Å². The molecule has 0 aromatic heterocycles. The zero-order valence-electron chi connectivity index (χ0n) is 8.71. The SMILES string of the molecule is COC(=O)NS(=O)(=O)NC1CS(=O)(=O)CC1Cl. The highest BCUT2D eigenvalue weighted by Gasteiger charge is 2.38. The maximum atomic E-state index is 11.3. The molecule has 0 radical (unpaired) electrons. The molecule has 0 spiro atoms. The van der Waals surface area contributed by atoms with Crippen molar-refractivity contribution in [2.45, 2.75) is 11.4 Å². The lowest BCUT2D eigenvalue weighted by Gasteiger charge is -2.14. The third-order valence-corrected chi connectivity index (χ3v) is 5.42. The molecule has 2 unspecified atom stereocenters. The van der Waals surface area contributed by atoms with Crippen LogP contribution < -0.4 is 9.44 Å². The van der Waals surface area contributed by atoms with E-state index >= 15 is 0 Å². The normalized spacial score (nSPS) is 27.6. The first kappa shape index (κ1) is 14.5. The minimum absolute atomic E-state index is 0.306. The lowest BCUT2D eigenvalue weighted by atomic mass is 10.3. The lowest BCUT2D eigenvalue weighted by Crippen LogP contribution is -2.48. The molecule has 0 aromatic carbocycles. The minimum Gasteiger partial charge on any atom is -0.452 e. The maximum Gasteiger partial charge on any atom is 0.421 e. The molecule has 0 saturated carbocycles. The zero-order valence-corrected chi connectivity index (χ0v) is 11.1. The average Bonchev–Trinajstić information content (AvgIpc) is 2.37. The topological polar surface area (TPSA) is 119 Å². The highest BCUT2D eigenvalue weighted by atomic mass is 35.5. The number of carbonyl (C=O) groups excluding carboxylic acids is 1. The summed E-state index contributed by atoms with van der Waals surface area (Å²) in [6, 6.07) is -0.969. The van der Waals surface area contributed by atoms with Gasteiger partial charge in [-0.25, -0.2) is 17.9 Å². The largest absolute Gasteiger partial charge is 0.452 e. The van der Waals surface area contributed by atoms with Gasteiger partial charge in [-0.15, -0.1) is 11.6 Å². The zero-order chi connectivity index (χ0) is 13.3. The molecule has 0 bridgehead atoms. The van der Waals surface area contributed by atoms with Gasteiger partial charge in [0.2, 0.25) is 0 Å². The number of nitrogens with one attached hydrogen (secondary N) is 2. The van der Waals surface area contributed by atoms with Crippen LogP contribution in [0.15, 0.2) is 0 Å². The number of hydrogen-bond donors (Lipinski definition) is 2. The maximum absolute atomic E-state index is 11.3. The van der Waals surface area contributed by atoms with Gasteiger partial charge in [0.15, 0.2) is 9.84 Å². The fourth-order valence-corrected chi connectivity index (χ4v) is 5.03. The van der Waals surface area contributed by atoms with Crippen LogP contribution in [0.3, 0.4) is 0 Å². The Morgan fingerprint density at radius 2 is 2.00 bits per heavy atom. The average molecular weight is 307 g/mol. The third kappa shape index (κ3) is 4.30. The first-order valence-corrected chi connectivity index (χ1v) is 8.12. The first-order valence-electron chi connectivity index (χ1n) is 4.38. The number of rotatable bonds is 3. The highest BCUT2D eigenvalue weighted by molar-refractivity contribution is 7.92. The molecular formula is C6H11ClN2O6S2. The van der Waals surface area contributed by atoms with E-state index in [1.165, 1.54) is 4.72 Å². The van der Waals surface area contributed by atoms with Crippen LogP contribution in [-0.4, -0.2) is 53.0 Å². The van der Waals surface area contributed by atoms with E-state index in [-0.39, 0.29) is 5.75 Å². The van der Waals surface area contributed by atoms with E-state index in [4.69, 9.17) is 11.6 Å². The van der Waals surface area contributed by atoms with Crippen LogP contribution in [0, 0.1) is 0 Å². The molecule has 11 heteroatoms. The van der Waals surface area contributed by atoms with Gasteiger partial charge in [-0.2, -0.15) is 13.1 Å². The number of ether oxygens (including phenoxy) is 1. The Kier molecular flexibility index (Phi) is 4.23. The summed E-state index contributed by atoms with van der Waals surface area (Å²) in [5, 5.41) is -0.866. The van der Waals surface area contributed by atoms with Gasteiger partial charge < -0.3 is 4.74 Å². The number of sulfone groups is 1. The fourth-order valence-electron chi connectivity index (χ4n) is 1.29. The van der Waals surface area contributed by atoms with E-state index in [9.17, 15) is 21.6 Å². The van der Waals surface area contributed by atoms with Crippen LogP contribution in [-0.2, 0) is 24.8 Å². The van der Waals surface area contributed by atoms with E-state index in [2.05, 4.69) is 4.74 Å². The van der Waals surface area contributed by atoms with Gasteiger partial charge in [-0.3, -0.25) is 0 Å². The number of alkyl halides is 1. The number of halogens is 1. The summed E-state index contributed by atoms with van der Waals surface area (Å²) in [6.45, 7) is 0. The van der Waals surface area contributed by atoms with Crippen molar-refractivity contribution in [3.05, 3.63) is 0 Å². The molecule has 2 N–H and O–H groups in total. The van der Waals surface area contributed by atoms with Gasteiger partial charge in [-0.05, 0) is 0 Å². The molecule has 0 aliphatic carbocycles. The van der Waals surface area contributed by atoms with Crippen molar-refractivity contribution in [2.75, 3.05) is 18.6 Å². The number of hydrogen-bond acceptors (Lipinski definition) is 6. The summed E-state index contributed by atoms with van der Waals surface area (Å²) in [5.74, 6) is -0.705. The molecule has 1 fully saturated rings. The molecule has 8 nitrogen and oxygen atoms in total. The first-order chi connectivity index (χ1) is 7.65. The Labute approximate surface area is 104 Å². The summed E-state index contributed by atoms with van der Waals surface area (Å²) >= 11 is 5.69. The molecule has 1 amide bonds. The molecule has 1 rings (SSSR count). The standard InChI is InChI=1S/C6H11ClN2O6S2/c1-15-6(10)9-17(13,14)8-5-3-16(11,12)2-4(5)7/h4-5,8H,2-3H2,1H3,(H,9,10). The van der Waals surface area contributed by atoms with Gasteiger partial charge in [0.25, 0.3) is 0 Å². The predicted molar refractivity (Wildman–Crippen MR) is 59.7 cm³/mol. The summed E-state index contributed by atoms with van der Waals surface area (Å²) in [5.41, 5.74) is 0. The van der Waals surface area contributed by atoms with E-state index in [0.717, 1.165) is 7.11 Å². The third-order valence-electron chi connectivity index (χ3n) is 1.99. The van der Waals surface area contributed by atoms with Crippen molar-refractivity contribution in [2.24, 2.45) is 0 Å². The number of carbonyl (C=O) groups is 1. The second-order valence-electron chi connectivity index (χ2n) is 3.41. The second kappa shape index (κ2) is 4.96. The molecule has 1 aliphatic heterocycles. The van der Waals surface area contributed by atoms with Gasteiger partial charge in [0.1, 0.15) is 0 Å². The molecule has 1 saturated heterocycles. The van der Waals surface area contributed by atoms with Crippen LogP contribution in [0.1, 0.15) is 0 Å². The van der Waals surface area contributed by atoms with Crippen molar-refractivity contribution in [1.29, 1.82) is 0 Å². The number of amides is 1. The number of methoxy groups -OCH3 is 1. The van der Waals surface area contributed by atoms with Gasteiger partial charge in [0, 0.05) is 0 Å². The highest BCUT2D eigenvalue weighted by Crippen LogP contribution is 2.18. The van der Waals surface area contributed by atoms with E-state index in [0.29, 0.717) is 0 Å². The summed E-state index contributed by atoms with van der Waals surface area (Å²) < 4.78 is 52.6. The van der Waals surface area contributed by atoms with Crippen LogP contribution in [0.25, 0.3) is 0 Å². The minimum atomic E-state index is -4.18. The molecule has 2 atom stereocenters. The smallest absolute Gasteiger partial charge is 0.421 e. The van der Waals surface area contributed by atoms with Gasteiger partial charge in [-0.1, -0.05) is 0 Å². The van der Waals surface area contributed by atoms with E-state index in [1.54, 1.807) is 0 Å². The second-order valence-corrected chi connectivity index (χ2v) is 7.58. The summed E-state index contributed by atoms with van der Waals surface area (Å²) in [4.78, 5) is 10.7. The Morgan fingerprint density at radius 3 is 2.41 bits per heavy atom. The van der Waals surface area contributed by atoms with Gasteiger partial charge >= 0.3 is 16.3 Å². The van der Waals surface area contributed by atoms with Crippen molar-refractivity contribution in [1.82, 2.24) is 9.44 Å². The summed E-state index contributed by atoms with van der Waals surface area (Å²) in [7, 11) is -6.54. The molecule has 1 aliphatic rings. The molecular weight excluding hydrogens is 296 g/mol. The lowest BCUT2D eigenvalue weighted by molar-refractivity contribution is 0.177. The summed E-state index contributed by atoms with van der Waals surface area (Å²) in [6.07, 6.45) is -1.18. The van der Waals surface area contributed by atoms with E-state index < -0.39 is 43.3 Å².